The zero-order chi connectivity index (χ0) is 18.1. The van der Waals surface area contributed by atoms with Crippen LogP contribution in [0, 0.1) is 27.7 Å². The molecule has 0 aliphatic carbocycles. The van der Waals surface area contributed by atoms with Gasteiger partial charge in [0.15, 0.2) is 10.9 Å². The van der Waals surface area contributed by atoms with E-state index in [-0.39, 0.29) is 5.88 Å². The number of nitrogen functional groups attached to an aromatic ring is 1. The minimum atomic E-state index is 0.281. The Labute approximate surface area is 155 Å². The van der Waals surface area contributed by atoms with E-state index in [1.165, 1.54) is 17.7 Å². The molecule has 0 bridgehead atoms. The zero-order valence-corrected chi connectivity index (χ0v) is 15.9. The summed E-state index contributed by atoms with van der Waals surface area (Å²) < 4.78 is 5.84. The highest BCUT2D eigenvalue weighted by Gasteiger charge is 2.13. The van der Waals surface area contributed by atoms with Crippen molar-refractivity contribution in [3.05, 3.63) is 45.2 Å². The van der Waals surface area contributed by atoms with E-state index in [4.69, 9.17) is 22.1 Å². The second-order valence-electron chi connectivity index (χ2n) is 5.70. The maximum atomic E-state index is 6.19. The van der Waals surface area contributed by atoms with Crippen molar-refractivity contribution in [2.75, 3.05) is 11.1 Å². The lowest BCUT2D eigenvalue weighted by atomic mass is 10.1. The molecule has 25 heavy (non-hydrogen) atoms. The van der Waals surface area contributed by atoms with Crippen molar-refractivity contribution in [3.8, 4) is 11.6 Å². The van der Waals surface area contributed by atoms with Crippen molar-refractivity contribution in [1.29, 1.82) is 0 Å². The summed E-state index contributed by atoms with van der Waals surface area (Å²) in [4.78, 5) is 13.9. The highest BCUT2D eigenvalue weighted by Crippen LogP contribution is 2.34. The first-order valence-electron chi connectivity index (χ1n) is 7.61. The molecular weight excluding hydrogens is 358 g/mol. The minimum Gasteiger partial charge on any atom is -0.437 e. The maximum Gasteiger partial charge on any atom is 0.248 e. The van der Waals surface area contributed by atoms with E-state index < -0.39 is 0 Å². The van der Waals surface area contributed by atoms with Crippen molar-refractivity contribution in [1.82, 2.24) is 15.0 Å². The molecule has 8 heteroatoms. The lowest BCUT2D eigenvalue weighted by Gasteiger charge is -2.12. The number of aromatic nitrogens is 3. The number of rotatable bonds is 4. The third-order valence-corrected chi connectivity index (χ3v) is 5.31. The van der Waals surface area contributed by atoms with Crippen molar-refractivity contribution >= 4 is 39.6 Å². The number of hydrogen-bond donors (Lipinski definition) is 2. The fourth-order valence-electron chi connectivity index (χ4n) is 2.26. The molecule has 0 unspecified atom stereocenters. The van der Waals surface area contributed by atoms with E-state index in [9.17, 15) is 0 Å². The minimum absolute atomic E-state index is 0.281. The number of aryl methyl sites for hydroxylation is 4. The van der Waals surface area contributed by atoms with Gasteiger partial charge in [-0.05, 0) is 51.0 Å². The van der Waals surface area contributed by atoms with Crippen LogP contribution in [0.5, 0.6) is 11.6 Å². The molecule has 0 aliphatic heterocycles. The Kier molecular flexibility index (Phi) is 4.78. The Hall–Kier alpha value is -2.38. The van der Waals surface area contributed by atoms with Gasteiger partial charge in [-0.25, -0.2) is 9.97 Å². The molecule has 0 atom stereocenters. The van der Waals surface area contributed by atoms with Crippen LogP contribution in [0.3, 0.4) is 0 Å². The van der Waals surface area contributed by atoms with Crippen molar-refractivity contribution in [2.45, 2.75) is 27.7 Å². The van der Waals surface area contributed by atoms with Crippen molar-refractivity contribution in [2.24, 2.45) is 0 Å². The lowest BCUT2D eigenvalue weighted by molar-refractivity contribution is 0.464. The fraction of sp³-hybridized carbons (Fsp3) is 0.235. The van der Waals surface area contributed by atoms with Crippen LogP contribution in [-0.2, 0) is 0 Å². The molecule has 2 aromatic heterocycles. The Morgan fingerprint density at radius 1 is 1.12 bits per heavy atom. The Morgan fingerprint density at radius 3 is 2.40 bits per heavy atom. The number of anilines is 3. The fourth-order valence-corrected chi connectivity index (χ4v) is 3.19. The van der Waals surface area contributed by atoms with E-state index in [2.05, 4.69) is 20.3 Å². The molecule has 0 amide bonds. The number of nitrogens with zero attached hydrogens (tertiary/aromatic N) is 3. The number of benzene rings is 1. The number of nitrogens with one attached hydrogen (secondary N) is 1. The number of nitrogens with two attached hydrogens (primary N) is 1. The molecule has 3 rings (SSSR count). The lowest BCUT2D eigenvalue weighted by Crippen LogP contribution is -2.03. The summed E-state index contributed by atoms with van der Waals surface area (Å²) in [5, 5.41) is 4.57. The molecule has 6 nitrogen and oxygen atoms in total. The third-order valence-electron chi connectivity index (χ3n) is 3.73. The van der Waals surface area contributed by atoms with Crippen LogP contribution in [0.15, 0.2) is 18.5 Å². The van der Waals surface area contributed by atoms with Crippen LogP contribution >= 0.6 is 22.9 Å². The van der Waals surface area contributed by atoms with Gasteiger partial charge < -0.3 is 15.8 Å². The first-order valence-corrected chi connectivity index (χ1v) is 8.80. The molecule has 0 saturated carbocycles. The maximum absolute atomic E-state index is 6.19. The molecule has 2 heterocycles. The Bertz CT molecular complexity index is 898. The summed E-state index contributed by atoms with van der Waals surface area (Å²) in [5.41, 5.74) is 9.32. The Balaban J connectivity index is 1.88. The van der Waals surface area contributed by atoms with E-state index in [0.29, 0.717) is 17.3 Å². The summed E-state index contributed by atoms with van der Waals surface area (Å²) >= 11 is 7.73. The van der Waals surface area contributed by atoms with Crippen LogP contribution in [0.1, 0.15) is 21.7 Å². The number of hydrogen-bond acceptors (Lipinski definition) is 7. The molecule has 130 valence electrons. The summed E-state index contributed by atoms with van der Waals surface area (Å²) in [6.07, 6.45) is 1.40. The van der Waals surface area contributed by atoms with E-state index in [1.807, 2.05) is 39.8 Å². The first kappa shape index (κ1) is 17.4. The van der Waals surface area contributed by atoms with Gasteiger partial charge in [0.1, 0.15) is 17.8 Å². The van der Waals surface area contributed by atoms with Gasteiger partial charge >= 0.3 is 0 Å². The molecular formula is C17H18ClN5OS. The van der Waals surface area contributed by atoms with Crippen molar-refractivity contribution in [3.63, 3.8) is 0 Å². The predicted octanol–water partition coefficient (Wildman–Crippen LogP) is 4.94. The van der Waals surface area contributed by atoms with Gasteiger partial charge in [-0.15, -0.1) is 11.3 Å². The standard InChI is InChI=1S/C17H18ClN5OS/c1-8-5-12(6-9(2)13(8)18)24-16-14(19)15(20-7-21-16)23-17-22-10(3)11(4)25-17/h5-7H,19H2,1-4H3,(H,20,21,22,23). The van der Waals surface area contributed by atoms with E-state index >= 15 is 0 Å². The smallest absolute Gasteiger partial charge is 0.248 e. The molecule has 0 saturated heterocycles. The molecule has 0 radical (unpaired) electrons. The molecule has 3 aromatic rings. The highest BCUT2D eigenvalue weighted by atomic mass is 35.5. The van der Waals surface area contributed by atoms with Crippen LogP contribution in [0.4, 0.5) is 16.6 Å². The monoisotopic (exact) mass is 375 g/mol. The summed E-state index contributed by atoms with van der Waals surface area (Å²) in [5.74, 6) is 1.36. The zero-order valence-electron chi connectivity index (χ0n) is 14.3. The van der Waals surface area contributed by atoms with Gasteiger partial charge in [0.25, 0.3) is 0 Å². The van der Waals surface area contributed by atoms with Crippen LogP contribution < -0.4 is 15.8 Å². The van der Waals surface area contributed by atoms with Gasteiger partial charge in [0.2, 0.25) is 5.88 Å². The second-order valence-corrected chi connectivity index (χ2v) is 7.28. The highest BCUT2D eigenvalue weighted by molar-refractivity contribution is 7.15. The molecule has 1 aromatic carbocycles. The van der Waals surface area contributed by atoms with Gasteiger partial charge in [-0.2, -0.15) is 4.98 Å². The SMILES string of the molecule is Cc1cc(Oc2ncnc(Nc3nc(C)c(C)s3)c2N)cc(C)c1Cl. The molecule has 0 spiro atoms. The molecule has 3 N–H and O–H groups in total. The van der Waals surface area contributed by atoms with Gasteiger partial charge in [0, 0.05) is 9.90 Å². The largest absolute Gasteiger partial charge is 0.437 e. The van der Waals surface area contributed by atoms with Crippen LogP contribution in [0.25, 0.3) is 0 Å². The number of halogens is 1. The Morgan fingerprint density at radius 2 is 1.80 bits per heavy atom. The topological polar surface area (TPSA) is 86.0 Å². The number of ether oxygens (including phenoxy) is 1. The third kappa shape index (κ3) is 3.67. The summed E-state index contributed by atoms with van der Waals surface area (Å²) in [7, 11) is 0. The van der Waals surface area contributed by atoms with E-state index in [1.54, 1.807) is 0 Å². The predicted molar refractivity (Wildman–Crippen MR) is 102 cm³/mol. The average molecular weight is 376 g/mol. The van der Waals surface area contributed by atoms with E-state index in [0.717, 1.165) is 31.9 Å². The van der Waals surface area contributed by atoms with Gasteiger partial charge in [-0.1, -0.05) is 11.6 Å². The van der Waals surface area contributed by atoms with Crippen LogP contribution in [-0.4, -0.2) is 15.0 Å². The van der Waals surface area contributed by atoms with Crippen LogP contribution in [0.2, 0.25) is 5.02 Å². The van der Waals surface area contributed by atoms with Gasteiger partial charge in [0.05, 0.1) is 5.69 Å². The summed E-state index contributed by atoms with van der Waals surface area (Å²) in [6, 6.07) is 3.69. The first-order chi connectivity index (χ1) is 11.8. The molecule has 0 fully saturated rings. The quantitative estimate of drug-likeness (QED) is 0.671. The normalized spacial score (nSPS) is 10.8. The number of thiazole rings is 1. The van der Waals surface area contributed by atoms with Gasteiger partial charge in [-0.3, -0.25) is 0 Å². The molecule has 0 aliphatic rings. The van der Waals surface area contributed by atoms with Crippen molar-refractivity contribution < 1.29 is 4.74 Å². The summed E-state index contributed by atoms with van der Waals surface area (Å²) in [6.45, 7) is 7.82. The average Bonchev–Trinajstić information content (AvgIpc) is 2.87. The second kappa shape index (κ2) is 6.85.